The molecule has 0 saturated heterocycles. The Kier molecular flexibility index (Phi) is 9.04. The first-order chi connectivity index (χ1) is 11.6. The van der Waals surface area contributed by atoms with Gasteiger partial charge in [-0.25, -0.2) is 9.38 Å². The van der Waals surface area contributed by atoms with Crippen LogP contribution in [0, 0.1) is 5.82 Å². The number of anilines is 1. The summed E-state index contributed by atoms with van der Waals surface area (Å²) < 4.78 is 24.6. The molecule has 3 N–H and O–H groups in total. The molecule has 0 amide bonds. The van der Waals surface area contributed by atoms with Gasteiger partial charge in [-0.15, -0.1) is 24.0 Å². The number of aliphatic imine (C=N–C) groups is 1. The van der Waals surface area contributed by atoms with E-state index >= 15 is 0 Å². The Morgan fingerprint density at radius 3 is 2.52 bits per heavy atom. The fraction of sp³-hybridized carbons (Fsp3) is 0.278. The van der Waals surface area contributed by atoms with Gasteiger partial charge < -0.3 is 20.5 Å². The maximum atomic E-state index is 13.6. The number of halogens is 2. The second kappa shape index (κ2) is 10.8. The summed E-state index contributed by atoms with van der Waals surface area (Å²) in [5.74, 6) is 1.21. The Morgan fingerprint density at radius 2 is 1.84 bits per heavy atom. The molecule has 5 nitrogen and oxygen atoms in total. The molecule has 0 fully saturated rings. The van der Waals surface area contributed by atoms with Crippen molar-refractivity contribution in [3.63, 3.8) is 0 Å². The SMILES string of the molecule is CCOc1ccc(OCC)c(NC(N)=NCc2ccccc2F)c1.I. The summed E-state index contributed by atoms with van der Waals surface area (Å²) in [6.45, 7) is 5.05. The van der Waals surface area contributed by atoms with Crippen LogP contribution in [0.5, 0.6) is 11.5 Å². The van der Waals surface area contributed by atoms with Crippen LogP contribution >= 0.6 is 24.0 Å². The average Bonchev–Trinajstić information content (AvgIpc) is 2.57. The molecule has 0 bridgehead atoms. The molecule has 2 aromatic rings. The van der Waals surface area contributed by atoms with Crippen molar-refractivity contribution >= 4 is 35.6 Å². The quantitative estimate of drug-likeness (QED) is 0.371. The van der Waals surface area contributed by atoms with Gasteiger partial charge in [-0.05, 0) is 32.0 Å². The van der Waals surface area contributed by atoms with Gasteiger partial charge in [0.15, 0.2) is 5.96 Å². The fourth-order valence-corrected chi connectivity index (χ4v) is 2.12. The third-order valence-electron chi connectivity index (χ3n) is 3.20. The molecular formula is C18H23FIN3O2. The van der Waals surface area contributed by atoms with Crippen LogP contribution in [-0.2, 0) is 6.54 Å². The van der Waals surface area contributed by atoms with Crippen LogP contribution in [0.1, 0.15) is 19.4 Å². The monoisotopic (exact) mass is 459 g/mol. The maximum Gasteiger partial charge on any atom is 0.193 e. The van der Waals surface area contributed by atoms with E-state index in [1.54, 1.807) is 30.3 Å². The highest BCUT2D eigenvalue weighted by Gasteiger charge is 2.07. The van der Waals surface area contributed by atoms with E-state index in [-0.39, 0.29) is 42.3 Å². The van der Waals surface area contributed by atoms with Gasteiger partial charge in [-0.3, -0.25) is 0 Å². The Hall–Kier alpha value is -2.03. The zero-order chi connectivity index (χ0) is 17.4. The predicted molar refractivity (Wildman–Crippen MR) is 110 cm³/mol. The number of benzene rings is 2. The molecule has 0 aromatic heterocycles. The second-order valence-corrected chi connectivity index (χ2v) is 4.94. The molecular weight excluding hydrogens is 436 g/mol. The van der Waals surface area contributed by atoms with Crippen LogP contribution in [0.25, 0.3) is 0 Å². The third kappa shape index (κ3) is 6.41. The van der Waals surface area contributed by atoms with E-state index < -0.39 is 0 Å². The molecule has 2 rings (SSSR count). The van der Waals surface area contributed by atoms with Gasteiger partial charge in [0.2, 0.25) is 0 Å². The molecule has 0 saturated carbocycles. The molecule has 25 heavy (non-hydrogen) atoms. The Labute approximate surface area is 164 Å². The summed E-state index contributed by atoms with van der Waals surface area (Å²) in [5.41, 5.74) is 7.05. The van der Waals surface area contributed by atoms with E-state index in [0.717, 1.165) is 0 Å². The number of rotatable bonds is 7. The van der Waals surface area contributed by atoms with Crippen molar-refractivity contribution < 1.29 is 13.9 Å². The average molecular weight is 459 g/mol. The molecule has 0 aliphatic carbocycles. The predicted octanol–water partition coefficient (Wildman–Crippen LogP) is 4.17. The van der Waals surface area contributed by atoms with E-state index in [9.17, 15) is 4.39 Å². The van der Waals surface area contributed by atoms with Gasteiger partial charge >= 0.3 is 0 Å². The van der Waals surface area contributed by atoms with Crippen LogP contribution in [0.3, 0.4) is 0 Å². The minimum Gasteiger partial charge on any atom is -0.494 e. The van der Waals surface area contributed by atoms with Crippen molar-refractivity contribution in [1.29, 1.82) is 0 Å². The van der Waals surface area contributed by atoms with Crippen molar-refractivity contribution in [2.24, 2.45) is 10.7 Å². The van der Waals surface area contributed by atoms with Gasteiger partial charge in [-0.1, -0.05) is 18.2 Å². The third-order valence-corrected chi connectivity index (χ3v) is 3.20. The van der Waals surface area contributed by atoms with E-state index in [2.05, 4.69) is 10.3 Å². The van der Waals surface area contributed by atoms with Crippen molar-refractivity contribution in [2.75, 3.05) is 18.5 Å². The molecule has 0 spiro atoms. The number of hydrogen-bond acceptors (Lipinski definition) is 3. The van der Waals surface area contributed by atoms with Crippen molar-refractivity contribution in [3.05, 3.63) is 53.8 Å². The van der Waals surface area contributed by atoms with E-state index in [0.29, 0.717) is 36.0 Å². The minimum absolute atomic E-state index is 0. The molecule has 0 aliphatic rings. The first-order valence-electron chi connectivity index (χ1n) is 7.84. The van der Waals surface area contributed by atoms with E-state index in [1.165, 1.54) is 6.07 Å². The van der Waals surface area contributed by atoms with Gasteiger partial charge in [0, 0.05) is 11.6 Å². The molecule has 136 valence electrons. The van der Waals surface area contributed by atoms with Crippen molar-refractivity contribution in [2.45, 2.75) is 20.4 Å². The fourth-order valence-electron chi connectivity index (χ4n) is 2.12. The summed E-state index contributed by atoms with van der Waals surface area (Å²) in [4.78, 5) is 4.17. The number of guanidine groups is 1. The molecule has 0 atom stereocenters. The van der Waals surface area contributed by atoms with E-state index in [4.69, 9.17) is 15.2 Å². The standard InChI is InChI=1S/C18H22FN3O2.HI/c1-3-23-14-9-10-17(24-4-2)16(11-14)22-18(20)21-12-13-7-5-6-8-15(13)19;/h5-11H,3-4,12H2,1-2H3,(H3,20,21,22);1H. The zero-order valence-electron chi connectivity index (χ0n) is 14.3. The zero-order valence-corrected chi connectivity index (χ0v) is 16.6. The molecule has 0 aliphatic heterocycles. The van der Waals surface area contributed by atoms with Crippen molar-refractivity contribution in [1.82, 2.24) is 0 Å². The molecule has 0 unspecified atom stereocenters. The first-order valence-corrected chi connectivity index (χ1v) is 7.84. The summed E-state index contributed by atoms with van der Waals surface area (Å²) in [6.07, 6.45) is 0. The number of nitrogens with two attached hydrogens (primary N) is 1. The van der Waals surface area contributed by atoms with E-state index in [1.807, 2.05) is 19.9 Å². The molecule has 2 aromatic carbocycles. The lowest BCUT2D eigenvalue weighted by Crippen LogP contribution is -2.23. The second-order valence-electron chi connectivity index (χ2n) is 4.94. The van der Waals surface area contributed by atoms with Crippen LogP contribution in [0.15, 0.2) is 47.5 Å². The normalized spacial score (nSPS) is 10.8. The summed E-state index contributed by atoms with van der Waals surface area (Å²) in [5, 5.41) is 2.98. The topological polar surface area (TPSA) is 68.9 Å². The number of nitrogens with one attached hydrogen (secondary N) is 1. The highest BCUT2D eigenvalue weighted by Crippen LogP contribution is 2.29. The highest BCUT2D eigenvalue weighted by atomic mass is 127. The highest BCUT2D eigenvalue weighted by molar-refractivity contribution is 14.0. The van der Waals surface area contributed by atoms with Gasteiger partial charge in [0.05, 0.1) is 25.4 Å². The van der Waals surface area contributed by atoms with Crippen LogP contribution in [-0.4, -0.2) is 19.2 Å². The van der Waals surface area contributed by atoms with Gasteiger partial charge in [0.1, 0.15) is 17.3 Å². The van der Waals surface area contributed by atoms with Gasteiger partial charge in [0.25, 0.3) is 0 Å². The lowest BCUT2D eigenvalue weighted by molar-refractivity contribution is 0.332. The molecule has 7 heteroatoms. The smallest absolute Gasteiger partial charge is 0.193 e. The lowest BCUT2D eigenvalue weighted by Gasteiger charge is -2.14. The molecule has 0 heterocycles. The van der Waals surface area contributed by atoms with Crippen LogP contribution in [0.2, 0.25) is 0 Å². The van der Waals surface area contributed by atoms with Crippen molar-refractivity contribution in [3.8, 4) is 11.5 Å². The number of ether oxygens (including phenoxy) is 2. The number of nitrogens with zero attached hydrogens (tertiary/aromatic N) is 1. The summed E-state index contributed by atoms with van der Waals surface area (Å²) in [6, 6.07) is 11.9. The van der Waals surface area contributed by atoms with Crippen LogP contribution < -0.4 is 20.5 Å². The molecule has 0 radical (unpaired) electrons. The Morgan fingerprint density at radius 1 is 1.12 bits per heavy atom. The Balaban J connectivity index is 0.00000312. The minimum atomic E-state index is -0.303. The van der Waals surface area contributed by atoms with Gasteiger partial charge in [-0.2, -0.15) is 0 Å². The lowest BCUT2D eigenvalue weighted by atomic mass is 10.2. The first kappa shape index (κ1) is 21.0. The van der Waals surface area contributed by atoms with Crippen LogP contribution in [0.4, 0.5) is 10.1 Å². The number of hydrogen-bond donors (Lipinski definition) is 2. The summed E-state index contributed by atoms with van der Waals surface area (Å²) >= 11 is 0. The maximum absolute atomic E-state index is 13.6. The largest absolute Gasteiger partial charge is 0.494 e. The summed E-state index contributed by atoms with van der Waals surface area (Å²) in [7, 11) is 0. The Bertz CT molecular complexity index is 710.